The fraction of sp³-hybridized carbons (Fsp3) is 0.350. The van der Waals surface area contributed by atoms with Gasteiger partial charge in [-0.2, -0.15) is 0 Å². The highest BCUT2D eigenvalue weighted by molar-refractivity contribution is 7.17. The summed E-state index contributed by atoms with van der Waals surface area (Å²) in [7, 11) is 0. The first kappa shape index (κ1) is 17.7. The van der Waals surface area contributed by atoms with Crippen molar-refractivity contribution >= 4 is 27.5 Å². The number of thiophene rings is 1. The molecule has 0 unspecified atom stereocenters. The molecule has 7 heteroatoms. The molecule has 0 radical (unpaired) electrons. The maximum atomic E-state index is 13.0. The standard InChI is InChI=1S/C20H21N3O3S/c24-17(21-10-4-5-11-21)14-23-16-9-13-27-18(16)19(25)22(20(23)26)12-8-15-6-2-1-3-7-15/h1-3,6-7,9,13H,4-5,8,10-12,14H2. The minimum Gasteiger partial charge on any atom is -0.341 e. The fourth-order valence-corrected chi connectivity index (χ4v) is 4.41. The largest absolute Gasteiger partial charge is 0.341 e. The number of benzene rings is 1. The van der Waals surface area contributed by atoms with Crippen LogP contribution in [0.1, 0.15) is 18.4 Å². The Kier molecular flexibility index (Phi) is 4.94. The Bertz CT molecular complexity index is 1080. The topological polar surface area (TPSA) is 64.3 Å². The molecule has 1 fully saturated rings. The third kappa shape index (κ3) is 3.47. The van der Waals surface area contributed by atoms with Crippen LogP contribution in [0.2, 0.25) is 0 Å². The Morgan fingerprint density at radius 3 is 2.48 bits per heavy atom. The molecule has 3 aromatic rings. The van der Waals surface area contributed by atoms with Crippen LogP contribution in [-0.4, -0.2) is 33.0 Å². The summed E-state index contributed by atoms with van der Waals surface area (Å²) in [6.07, 6.45) is 2.60. The molecule has 0 bridgehead atoms. The van der Waals surface area contributed by atoms with Crippen molar-refractivity contribution in [2.75, 3.05) is 13.1 Å². The van der Waals surface area contributed by atoms with Gasteiger partial charge in [0.05, 0.1) is 5.52 Å². The van der Waals surface area contributed by atoms with E-state index in [-0.39, 0.29) is 18.0 Å². The van der Waals surface area contributed by atoms with Crippen molar-refractivity contribution in [2.45, 2.75) is 32.4 Å². The predicted octanol–water partition coefficient (Wildman–Crippen LogP) is 2.09. The molecule has 6 nitrogen and oxygen atoms in total. The number of rotatable bonds is 5. The summed E-state index contributed by atoms with van der Waals surface area (Å²) in [5, 5.41) is 1.80. The number of nitrogens with zero attached hydrogens (tertiary/aromatic N) is 3. The number of aromatic nitrogens is 2. The number of aryl methyl sites for hydroxylation is 1. The van der Waals surface area contributed by atoms with E-state index in [4.69, 9.17) is 0 Å². The highest BCUT2D eigenvalue weighted by Gasteiger charge is 2.21. The van der Waals surface area contributed by atoms with Crippen LogP contribution in [0.15, 0.2) is 51.4 Å². The van der Waals surface area contributed by atoms with E-state index in [1.807, 2.05) is 30.3 Å². The van der Waals surface area contributed by atoms with Crippen LogP contribution in [0, 0.1) is 0 Å². The Hall–Kier alpha value is -2.67. The Balaban J connectivity index is 1.70. The lowest BCUT2D eigenvalue weighted by Crippen LogP contribution is -2.43. The predicted molar refractivity (Wildman–Crippen MR) is 106 cm³/mol. The van der Waals surface area contributed by atoms with Gasteiger partial charge in [-0.1, -0.05) is 30.3 Å². The van der Waals surface area contributed by atoms with Crippen molar-refractivity contribution in [3.05, 3.63) is 68.2 Å². The summed E-state index contributed by atoms with van der Waals surface area (Å²) in [5.74, 6) is -0.0599. The molecule has 1 aliphatic heterocycles. The monoisotopic (exact) mass is 383 g/mol. The van der Waals surface area contributed by atoms with Crippen molar-refractivity contribution in [1.82, 2.24) is 14.0 Å². The smallest absolute Gasteiger partial charge is 0.332 e. The van der Waals surface area contributed by atoms with Gasteiger partial charge in [-0.05, 0) is 36.3 Å². The molecular formula is C20H21N3O3S. The zero-order chi connectivity index (χ0) is 18.8. The summed E-state index contributed by atoms with van der Waals surface area (Å²) in [4.78, 5) is 40.2. The molecule has 1 aromatic carbocycles. The van der Waals surface area contributed by atoms with Crippen LogP contribution in [0.4, 0.5) is 0 Å². The van der Waals surface area contributed by atoms with Gasteiger partial charge in [0.2, 0.25) is 5.91 Å². The number of hydrogen-bond acceptors (Lipinski definition) is 4. The first-order chi connectivity index (χ1) is 13.1. The van der Waals surface area contributed by atoms with Gasteiger partial charge >= 0.3 is 5.69 Å². The zero-order valence-corrected chi connectivity index (χ0v) is 15.8. The normalized spacial score (nSPS) is 14.1. The van der Waals surface area contributed by atoms with Gasteiger partial charge in [-0.3, -0.25) is 18.7 Å². The molecule has 2 aromatic heterocycles. The molecule has 4 rings (SSSR count). The summed E-state index contributed by atoms with van der Waals surface area (Å²) >= 11 is 1.31. The lowest BCUT2D eigenvalue weighted by atomic mass is 10.1. The number of amides is 1. The van der Waals surface area contributed by atoms with Crippen LogP contribution in [0.25, 0.3) is 10.2 Å². The molecule has 0 N–H and O–H groups in total. The molecule has 1 saturated heterocycles. The Labute approximate surface area is 160 Å². The number of likely N-dealkylation sites (tertiary alicyclic amines) is 1. The van der Waals surface area contributed by atoms with Gasteiger partial charge in [0.15, 0.2) is 0 Å². The number of carbonyl (C=O) groups excluding carboxylic acids is 1. The molecule has 27 heavy (non-hydrogen) atoms. The van der Waals surface area contributed by atoms with Gasteiger partial charge in [-0.15, -0.1) is 11.3 Å². The number of hydrogen-bond donors (Lipinski definition) is 0. The SMILES string of the molecule is O=C(Cn1c(=O)n(CCc2ccccc2)c(=O)c2sccc21)N1CCCC1. The average Bonchev–Trinajstić information content (AvgIpc) is 3.37. The van der Waals surface area contributed by atoms with E-state index in [1.54, 1.807) is 16.3 Å². The van der Waals surface area contributed by atoms with E-state index in [0.29, 0.717) is 23.2 Å². The van der Waals surface area contributed by atoms with Crippen LogP contribution < -0.4 is 11.2 Å². The van der Waals surface area contributed by atoms with E-state index in [1.165, 1.54) is 20.5 Å². The maximum absolute atomic E-state index is 13.0. The number of carbonyl (C=O) groups is 1. The van der Waals surface area contributed by atoms with Gasteiger partial charge in [0, 0.05) is 19.6 Å². The highest BCUT2D eigenvalue weighted by atomic mass is 32.1. The molecule has 0 atom stereocenters. The van der Waals surface area contributed by atoms with E-state index in [0.717, 1.165) is 31.5 Å². The average molecular weight is 383 g/mol. The third-order valence-corrected chi connectivity index (χ3v) is 5.95. The zero-order valence-electron chi connectivity index (χ0n) is 15.0. The van der Waals surface area contributed by atoms with Crippen molar-refractivity contribution in [1.29, 1.82) is 0 Å². The van der Waals surface area contributed by atoms with Gasteiger partial charge < -0.3 is 4.90 Å². The highest BCUT2D eigenvalue weighted by Crippen LogP contribution is 2.16. The van der Waals surface area contributed by atoms with Crippen molar-refractivity contribution in [2.24, 2.45) is 0 Å². The second kappa shape index (κ2) is 7.52. The molecule has 3 heterocycles. The van der Waals surface area contributed by atoms with E-state index >= 15 is 0 Å². The molecule has 1 aliphatic rings. The van der Waals surface area contributed by atoms with E-state index in [2.05, 4.69) is 0 Å². The summed E-state index contributed by atoms with van der Waals surface area (Å²) in [6, 6.07) is 11.5. The van der Waals surface area contributed by atoms with Crippen molar-refractivity contribution in [3.8, 4) is 0 Å². The molecule has 0 aliphatic carbocycles. The van der Waals surface area contributed by atoms with Crippen molar-refractivity contribution in [3.63, 3.8) is 0 Å². The second-order valence-corrected chi connectivity index (χ2v) is 7.70. The summed E-state index contributed by atoms with van der Waals surface area (Å²) in [6.45, 7) is 1.77. The first-order valence-electron chi connectivity index (χ1n) is 9.17. The quantitative estimate of drug-likeness (QED) is 0.678. The fourth-order valence-electron chi connectivity index (χ4n) is 3.57. The van der Waals surface area contributed by atoms with Gasteiger partial charge in [0.1, 0.15) is 11.2 Å². The molecule has 1 amide bonds. The van der Waals surface area contributed by atoms with Gasteiger partial charge in [-0.25, -0.2) is 4.79 Å². The minimum absolute atomic E-state index is 0.0162. The summed E-state index contributed by atoms with van der Waals surface area (Å²) < 4.78 is 3.25. The number of fused-ring (bicyclic) bond motifs is 1. The lowest BCUT2D eigenvalue weighted by Gasteiger charge is -2.17. The van der Waals surface area contributed by atoms with Crippen molar-refractivity contribution < 1.29 is 4.79 Å². The molecule has 0 spiro atoms. The van der Waals surface area contributed by atoms with E-state index < -0.39 is 5.69 Å². The summed E-state index contributed by atoms with van der Waals surface area (Å²) in [5.41, 5.74) is 0.938. The minimum atomic E-state index is -0.408. The van der Waals surface area contributed by atoms with E-state index in [9.17, 15) is 14.4 Å². The third-order valence-electron chi connectivity index (χ3n) is 5.06. The van der Waals surface area contributed by atoms with Crippen LogP contribution in [0.5, 0.6) is 0 Å². The maximum Gasteiger partial charge on any atom is 0.332 e. The molecule has 140 valence electrons. The van der Waals surface area contributed by atoms with Crippen LogP contribution in [-0.2, 0) is 24.3 Å². The second-order valence-electron chi connectivity index (χ2n) is 6.78. The molecule has 0 saturated carbocycles. The van der Waals surface area contributed by atoms with Crippen LogP contribution in [0.3, 0.4) is 0 Å². The first-order valence-corrected chi connectivity index (χ1v) is 10.1. The van der Waals surface area contributed by atoms with Gasteiger partial charge in [0.25, 0.3) is 5.56 Å². The lowest BCUT2D eigenvalue weighted by molar-refractivity contribution is -0.130. The Morgan fingerprint density at radius 1 is 1.00 bits per heavy atom. The molecular weight excluding hydrogens is 362 g/mol. The Morgan fingerprint density at radius 2 is 1.74 bits per heavy atom. The van der Waals surface area contributed by atoms with Crippen LogP contribution >= 0.6 is 11.3 Å².